The third-order valence-electron chi connectivity index (χ3n) is 2.52. The van der Waals surface area contributed by atoms with Crippen LogP contribution < -0.4 is 10.5 Å². The van der Waals surface area contributed by atoms with Crippen LogP contribution >= 0.6 is 24.0 Å². The maximum atomic E-state index is 5.80. The highest BCUT2D eigenvalue weighted by molar-refractivity contribution is 6.17. The van der Waals surface area contributed by atoms with Crippen molar-refractivity contribution in [3.63, 3.8) is 0 Å². The lowest BCUT2D eigenvalue weighted by molar-refractivity contribution is 0.318. The van der Waals surface area contributed by atoms with Gasteiger partial charge in [0, 0.05) is 10.9 Å². The molecule has 2 N–H and O–H groups in total. The molecule has 0 bridgehead atoms. The molecule has 0 aliphatic rings. The van der Waals surface area contributed by atoms with E-state index in [0.717, 1.165) is 35.2 Å². The van der Waals surface area contributed by atoms with Gasteiger partial charge in [-0.15, -0.1) is 24.0 Å². The Hall–Kier alpha value is -1.19. The summed E-state index contributed by atoms with van der Waals surface area (Å²) in [6.07, 6.45) is 0.991. The maximum Gasteiger partial charge on any atom is 0.128 e. The van der Waals surface area contributed by atoms with Gasteiger partial charge in [0.1, 0.15) is 11.6 Å². The van der Waals surface area contributed by atoms with Gasteiger partial charge in [0.2, 0.25) is 0 Å². The van der Waals surface area contributed by atoms with Crippen molar-refractivity contribution in [1.82, 2.24) is 4.98 Å². The fourth-order valence-electron chi connectivity index (χ4n) is 1.63. The minimum absolute atomic E-state index is 0. The number of hydrogen-bond donors (Lipinski definition) is 1. The van der Waals surface area contributed by atoms with Gasteiger partial charge in [-0.05, 0) is 30.7 Å². The average Bonchev–Trinajstić information content (AvgIpc) is 2.35. The number of anilines is 1. The molecule has 1 aromatic heterocycles. The SMILES string of the molecule is CCCOc1ccc2nc(N)c(CCl)cc2c1.Cl. The minimum Gasteiger partial charge on any atom is -0.494 e. The molecule has 2 aromatic rings. The predicted molar refractivity (Wildman–Crippen MR) is 78.7 cm³/mol. The lowest BCUT2D eigenvalue weighted by atomic mass is 10.1. The van der Waals surface area contributed by atoms with Crippen molar-refractivity contribution < 1.29 is 4.74 Å². The molecule has 0 spiro atoms. The standard InChI is InChI=1S/C13H15ClN2O.ClH/c1-2-5-17-11-3-4-12-9(7-11)6-10(8-14)13(15)16-12;/h3-4,6-7H,2,5,8H2,1H3,(H2,15,16);1H. The van der Waals surface area contributed by atoms with Gasteiger partial charge in [-0.25, -0.2) is 4.98 Å². The van der Waals surface area contributed by atoms with E-state index >= 15 is 0 Å². The predicted octanol–water partition coefficient (Wildman–Crippen LogP) is 3.77. The van der Waals surface area contributed by atoms with Crippen molar-refractivity contribution in [3.05, 3.63) is 29.8 Å². The van der Waals surface area contributed by atoms with Crippen molar-refractivity contribution in [2.24, 2.45) is 0 Å². The largest absolute Gasteiger partial charge is 0.494 e. The highest BCUT2D eigenvalue weighted by Gasteiger charge is 2.04. The molecule has 1 heterocycles. The average molecular weight is 287 g/mol. The molecule has 0 atom stereocenters. The summed E-state index contributed by atoms with van der Waals surface area (Å²) < 4.78 is 5.57. The van der Waals surface area contributed by atoms with Crippen LogP contribution in [-0.2, 0) is 5.88 Å². The summed E-state index contributed by atoms with van der Waals surface area (Å²) in [7, 11) is 0. The van der Waals surface area contributed by atoms with Crippen LogP contribution in [0.15, 0.2) is 24.3 Å². The number of benzene rings is 1. The highest BCUT2D eigenvalue weighted by atomic mass is 35.5. The first-order valence-corrected chi connectivity index (χ1v) is 6.16. The van der Waals surface area contributed by atoms with Crippen LogP contribution in [0.4, 0.5) is 5.82 Å². The van der Waals surface area contributed by atoms with Crippen LogP contribution in [-0.4, -0.2) is 11.6 Å². The fraction of sp³-hybridized carbons (Fsp3) is 0.308. The number of halogens is 2. The molecule has 0 fully saturated rings. The summed E-state index contributed by atoms with van der Waals surface area (Å²) in [4.78, 5) is 4.31. The number of nitrogens with zero attached hydrogens (tertiary/aromatic N) is 1. The van der Waals surface area contributed by atoms with Crippen molar-refractivity contribution in [2.45, 2.75) is 19.2 Å². The van der Waals surface area contributed by atoms with Gasteiger partial charge in [0.15, 0.2) is 0 Å². The minimum atomic E-state index is 0. The van der Waals surface area contributed by atoms with Gasteiger partial charge in [-0.3, -0.25) is 0 Å². The zero-order valence-electron chi connectivity index (χ0n) is 10.1. The lowest BCUT2D eigenvalue weighted by Crippen LogP contribution is -1.98. The van der Waals surface area contributed by atoms with Crippen LogP contribution in [0, 0.1) is 0 Å². The number of aromatic nitrogens is 1. The Labute approximate surface area is 118 Å². The van der Waals surface area contributed by atoms with Gasteiger partial charge in [0.25, 0.3) is 0 Å². The second kappa shape index (κ2) is 6.66. The van der Waals surface area contributed by atoms with E-state index in [-0.39, 0.29) is 12.4 Å². The number of hydrogen-bond acceptors (Lipinski definition) is 3. The zero-order valence-corrected chi connectivity index (χ0v) is 11.7. The van der Waals surface area contributed by atoms with Crippen molar-refractivity contribution in [2.75, 3.05) is 12.3 Å². The van der Waals surface area contributed by atoms with E-state index in [0.29, 0.717) is 11.7 Å². The second-order valence-electron chi connectivity index (χ2n) is 3.87. The number of nitrogens with two attached hydrogens (primary N) is 1. The van der Waals surface area contributed by atoms with E-state index in [1.165, 1.54) is 0 Å². The number of rotatable bonds is 4. The van der Waals surface area contributed by atoms with Gasteiger partial charge < -0.3 is 10.5 Å². The molecule has 1 aromatic carbocycles. The molecule has 0 radical (unpaired) electrons. The molecular weight excluding hydrogens is 271 g/mol. The van der Waals surface area contributed by atoms with E-state index in [1.807, 2.05) is 24.3 Å². The zero-order chi connectivity index (χ0) is 12.3. The molecule has 0 unspecified atom stereocenters. The first-order chi connectivity index (χ1) is 8.24. The third kappa shape index (κ3) is 3.18. The quantitative estimate of drug-likeness (QED) is 0.871. The Morgan fingerprint density at radius 3 is 2.78 bits per heavy atom. The maximum absolute atomic E-state index is 5.80. The molecule has 0 aliphatic carbocycles. The Morgan fingerprint density at radius 1 is 1.33 bits per heavy atom. The van der Waals surface area contributed by atoms with E-state index in [2.05, 4.69) is 11.9 Å². The highest BCUT2D eigenvalue weighted by Crippen LogP contribution is 2.24. The molecule has 0 aliphatic heterocycles. The number of alkyl halides is 1. The van der Waals surface area contributed by atoms with Gasteiger partial charge >= 0.3 is 0 Å². The topological polar surface area (TPSA) is 48.1 Å². The Kier molecular flexibility index (Phi) is 5.51. The molecule has 3 nitrogen and oxygen atoms in total. The molecule has 2 rings (SSSR count). The second-order valence-corrected chi connectivity index (χ2v) is 4.14. The molecule has 0 saturated heterocycles. The molecule has 98 valence electrons. The first-order valence-electron chi connectivity index (χ1n) is 5.62. The lowest BCUT2D eigenvalue weighted by Gasteiger charge is -2.07. The van der Waals surface area contributed by atoms with Gasteiger partial charge in [0.05, 0.1) is 18.0 Å². The first kappa shape index (κ1) is 14.9. The number of ether oxygens (including phenoxy) is 1. The number of fused-ring (bicyclic) bond motifs is 1. The van der Waals surface area contributed by atoms with Crippen LogP contribution in [0.25, 0.3) is 10.9 Å². The van der Waals surface area contributed by atoms with E-state index < -0.39 is 0 Å². The Balaban J connectivity index is 0.00000162. The summed E-state index contributed by atoms with van der Waals surface area (Å²) in [6, 6.07) is 7.75. The number of nitrogen functional groups attached to an aromatic ring is 1. The van der Waals surface area contributed by atoms with Crippen LogP contribution in [0.3, 0.4) is 0 Å². The van der Waals surface area contributed by atoms with E-state index in [9.17, 15) is 0 Å². The van der Waals surface area contributed by atoms with Crippen molar-refractivity contribution in [3.8, 4) is 5.75 Å². The number of pyridine rings is 1. The fourth-order valence-corrected chi connectivity index (χ4v) is 1.84. The van der Waals surface area contributed by atoms with E-state index in [4.69, 9.17) is 22.1 Å². The van der Waals surface area contributed by atoms with Gasteiger partial charge in [-0.2, -0.15) is 0 Å². The molecule has 18 heavy (non-hydrogen) atoms. The normalized spacial score (nSPS) is 10.1. The molecular formula is C13H16Cl2N2O. The monoisotopic (exact) mass is 286 g/mol. The Bertz CT molecular complexity index is 532. The van der Waals surface area contributed by atoms with Crippen LogP contribution in [0.2, 0.25) is 0 Å². The smallest absolute Gasteiger partial charge is 0.128 e. The summed E-state index contributed by atoms with van der Waals surface area (Å²) in [6.45, 7) is 2.80. The summed E-state index contributed by atoms with van der Waals surface area (Å²) in [5.41, 5.74) is 7.50. The third-order valence-corrected chi connectivity index (χ3v) is 2.80. The summed E-state index contributed by atoms with van der Waals surface area (Å²) in [5, 5.41) is 1.00. The van der Waals surface area contributed by atoms with Crippen LogP contribution in [0.1, 0.15) is 18.9 Å². The summed E-state index contributed by atoms with van der Waals surface area (Å²) in [5.74, 6) is 1.72. The van der Waals surface area contributed by atoms with Gasteiger partial charge in [-0.1, -0.05) is 6.92 Å². The Morgan fingerprint density at radius 2 is 2.11 bits per heavy atom. The van der Waals surface area contributed by atoms with Crippen LogP contribution in [0.5, 0.6) is 5.75 Å². The molecule has 5 heteroatoms. The van der Waals surface area contributed by atoms with E-state index in [1.54, 1.807) is 0 Å². The van der Waals surface area contributed by atoms with Crippen molar-refractivity contribution in [1.29, 1.82) is 0 Å². The van der Waals surface area contributed by atoms with Crippen molar-refractivity contribution >= 4 is 40.7 Å². The molecule has 0 saturated carbocycles. The molecule has 0 amide bonds. The summed E-state index contributed by atoms with van der Waals surface area (Å²) >= 11 is 5.80.